The van der Waals surface area contributed by atoms with Gasteiger partial charge in [-0.05, 0) is 43.9 Å². The topological polar surface area (TPSA) is 75.9 Å². The van der Waals surface area contributed by atoms with Crippen LogP contribution in [0.5, 0.6) is 0 Å². The maximum Gasteiger partial charge on any atom is 0.267 e. The Morgan fingerprint density at radius 1 is 1.19 bits per heavy atom. The van der Waals surface area contributed by atoms with Crippen LogP contribution < -0.4 is 10.9 Å². The van der Waals surface area contributed by atoms with Crippen molar-refractivity contribution in [3.8, 4) is 0 Å². The molecule has 0 radical (unpaired) electrons. The fourth-order valence-electron chi connectivity index (χ4n) is 4.65. The van der Waals surface area contributed by atoms with Gasteiger partial charge in [0.1, 0.15) is 15.8 Å². The van der Waals surface area contributed by atoms with Crippen molar-refractivity contribution in [3.05, 3.63) is 45.2 Å². The van der Waals surface area contributed by atoms with Crippen molar-refractivity contribution in [2.24, 2.45) is 0 Å². The summed E-state index contributed by atoms with van der Waals surface area (Å²) in [7, 11) is 0. The maximum atomic E-state index is 13.3. The zero-order valence-electron chi connectivity index (χ0n) is 17.8. The number of anilines is 1. The number of carbonyl (C=O) groups excluding carboxylic acids is 1. The van der Waals surface area contributed by atoms with Crippen LogP contribution >= 0.6 is 24.0 Å². The lowest BCUT2D eigenvalue weighted by atomic mass is 9.94. The van der Waals surface area contributed by atoms with Gasteiger partial charge in [0, 0.05) is 25.4 Å². The summed E-state index contributed by atoms with van der Waals surface area (Å²) < 4.78 is 7.79. The van der Waals surface area contributed by atoms with E-state index in [4.69, 9.17) is 17.0 Å². The Morgan fingerprint density at radius 3 is 2.81 bits per heavy atom. The second kappa shape index (κ2) is 9.33. The van der Waals surface area contributed by atoms with Crippen LogP contribution in [0.3, 0.4) is 0 Å². The van der Waals surface area contributed by atoms with Gasteiger partial charge in [0.25, 0.3) is 11.5 Å². The molecule has 0 bridgehead atoms. The SMILES string of the molecule is O=C1/C(=C\c2c(NCC3CCCO3)nc3ccccn3c2=O)SC(=S)N1C1CCCCC1. The van der Waals surface area contributed by atoms with E-state index in [0.717, 1.165) is 45.1 Å². The maximum absolute atomic E-state index is 13.3. The molecule has 0 aromatic carbocycles. The van der Waals surface area contributed by atoms with Gasteiger partial charge in [-0.1, -0.05) is 49.3 Å². The Bertz CT molecular complexity index is 1130. The molecule has 1 saturated carbocycles. The molecule has 9 heteroatoms. The molecular formula is C23H26N4O3S2. The van der Waals surface area contributed by atoms with Crippen molar-refractivity contribution >= 4 is 51.7 Å². The summed E-state index contributed by atoms with van der Waals surface area (Å²) in [6, 6.07) is 5.60. The Kier molecular flexibility index (Phi) is 6.30. The number of nitrogens with one attached hydrogen (secondary N) is 1. The van der Waals surface area contributed by atoms with Gasteiger partial charge in [0.15, 0.2) is 0 Å². The van der Waals surface area contributed by atoms with Crippen LogP contribution in [0.15, 0.2) is 34.1 Å². The van der Waals surface area contributed by atoms with Gasteiger partial charge in [-0.2, -0.15) is 0 Å². The highest BCUT2D eigenvalue weighted by Gasteiger charge is 2.37. The van der Waals surface area contributed by atoms with Crippen molar-refractivity contribution in [2.75, 3.05) is 18.5 Å². The zero-order chi connectivity index (χ0) is 22.1. The molecule has 0 spiro atoms. The lowest BCUT2D eigenvalue weighted by Crippen LogP contribution is -2.39. The number of carbonyl (C=O) groups is 1. The van der Waals surface area contributed by atoms with Crippen molar-refractivity contribution in [2.45, 2.75) is 57.1 Å². The minimum absolute atomic E-state index is 0.100. The minimum Gasteiger partial charge on any atom is -0.376 e. The summed E-state index contributed by atoms with van der Waals surface area (Å²) in [5.41, 5.74) is 0.712. The highest BCUT2D eigenvalue weighted by molar-refractivity contribution is 8.26. The first kappa shape index (κ1) is 21.6. The van der Waals surface area contributed by atoms with Gasteiger partial charge in [0.05, 0.1) is 16.6 Å². The van der Waals surface area contributed by atoms with Crippen LogP contribution in [0, 0.1) is 0 Å². The zero-order valence-corrected chi connectivity index (χ0v) is 19.4. The first-order valence-electron chi connectivity index (χ1n) is 11.3. The number of hydrogen-bond acceptors (Lipinski definition) is 7. The number of rotatable bonds is 5. The highest BCUT2D eigenvalue weighted by atomic mass is 32.2. The number of nitrogens with zero attached hydrogens (tertiary/aromatic N) is 3. The van der Waals surface area contributed by atoms with E-state index in [1.807, 2.05) is 6.07 Å². The second-order valence-corrected chi connectivity index (χ2v) is 10.1. The van der Waals surface area contributed by atoms with Crippen LogP contribution in [0.1, 0.15) is 50.5 Å². The normalized spacial score (nSPS) is 23.6. The predicted molar refractivity (Wildman–Crippen MR) is 131 cm³/mol. The summed E-state index contributed by atoms with van der Waals surface area (Å²) in [5, 5.41) is 3.30. The quantitative estimate of drug-likeness (QED) is 0.526. The molecule has 168 valence electrons. The average molecular weight is 471 g/mol. The molecule has 3 aliphatic rings. The number of pyridine rings is 1. The summed E-state index contributed by atoms with van der Waals surface area (Å²) in [4.78, 5) is 33.5. The summed E-state index contributed by atoms with van der Waals surface area (Å²) in [6.07, 6.45) is 10.9. The Balaban J connectivity index is 1.50. The number of ether oxygens (including phenoxy) is 1. The van der Waals surface area contributed by atoms with Gasteiger partial charge in [-0.3, -0.25) is 18.9 Å². The predicted octanol–water partition coefficient (Wildman–Crippen LogP) is 3.82. The van der Waals surface area contributed by atoms with E-state index in [0.29, 0.717) is 32.8 Å². The van der Waals surface area contributed by atoms with Gasteiger partial charge in [-0.25, -0.2) is 4.98 Å². The molecule has 1 unspecified atom stereocenters. The molecule has 4 heterocycles. The minimum atomic E-state index is -0.214. The first-order valence-corrected chi connectivity index (χ1v) is 12.5. The fourth-order valence-corrected chi connectivity index (χ4v) is 6.03. The third kappa shape index (κ3) is 4.21. The van der Waals surface area contributed by atoms with Crippen molar-refractivity contribution < 1.29 is 9.53 Å². The molecule has 1 atom stereocenters. The molecular weight excluding hydrogens is 444 g/mol. The number of fused-ring (bicyclic) bond motifs is 1. The van der Waals surface area contributed by atoms with E-state index in [-0.39, 0.29) is 23.6 Å². The number of hydrogen-bond donors (Lipinski definition) is 1. The van der Waals surface area contributed by atoms with Crippen molar-refractivity contribution in [1.29, 1.82) is 0 Å². The molecule has 2 aliphatic heterocycles. The molecule has 1 amide bonds. The monoisotopic (exact) mass is 470 g/mol. The Labute approximate surface area is 196 Å². The van der Waals surface area contributed by atoms with E-state index < -0.39 is 0 Å². The number of thioether (sulfide) groups is 1. The van der Waals surface area contributed by atoms with Crippen LogP contribution in [0.2, 0.25) is 0 Å². The molecule has 2 aromatic heterocycles. The molecule has 2 aromatic rings. The van der Waals surface area contributed by atoms with E-state index in [1.54, 1.807) is 29.3 Å². The summed E-state index contributed by atoms with van der Waals surface area (Å²) >= 11 is 6.83. The number of aromatic nitrogens is 2. The molecule has 1 N–H and O–H groups in total. The Hall–Kier alpha value is -2.23. The van der Waals surface area contributed by atoms with Gasteiger partial charge < -0.3 is 10.1 Å². The smallest absolute Gasteiger partial charge is 0.267 e. The van der Waals surface area contributed by atoms with Gasteiger partial charge in [-0.15, -0.1) is 0 Å². The van der Waals surface area contributed by atoms with E-state index in [9.17, 15) is 9.59 Å². The highest BCUT2D eigenvalue weighted by Crippen LogP contribution is 2.37. The van der Waals surface area contributed by atoms with Crippen LogP contribution in [-0.4, -0.2) is 49.8 Å². The molecule has 2 saturated heterocycles. The van der Waals surface area contributed by atoms with Crippen molar-refractivity contribution in [1.82, 2.24) is 14.3 Å². The molecule has 32 heavy (non-hydrogen) atoms. The van der Waals surface area contributed by atoms with Crippen LogP contribution in [-0.2, 0) is 9.53 Å². The lowest BCUT2D eigenvalue weighted by Gasteiger charge is -2.29. The van der Waals surface area contributed by atoms with Crippen LogP contribution in [0.25, 0.3) is 11.7 Å². The second-order valence-electron chi connectivity index (χ2n) is 8.47. The molecule has 7 nitrogen and oxygen atoms in total. The number of amides is 1. The summed E-state index contributed by atoms with van der Waals surface area (Å²) in [6.45, 7) is 1.33. The van der Waals surface area contributed by atoms with E-state index in [2.05, 4.69) is 10.3 Å². The lowest BCUT2D eigenvalue weighted by molar-refractivity contribution is -0.124. The van der Waals surface area contributed by atoms with Crippen LogP contribution in [0.4, 0.5) is 5.82 Å². The van der Waals surface area contributed by atoms with E-state index >= 15 is 0 Å². The number of thiocarbonyl (C=S) groups is 1. The summed E-state index contributed by atoms with van der Waals surface area (Å²) in [5.74, 6) is 0.370. The van der Waals surface area contributed by atoms with Crippen molar-refractivity contribution in [3.63, 3.8) is 0 Å². The first-order chi connectivity index (χ1) is 15.6. The van der Waals surface area contributed by atoms with E-state index in [1.165, 1.54) is 22.6 Å². The average Bonchev–Trinajstić information content (AvgIpc) is 3.43. The largest absolute Gasteiger partial charge is 0.376 e. The molecule has 3 fully saturated rings. The van der Waals surface area contributed by atoms with Gasteiger partial charge >= 0.3 is 0 Å². The molecule has 5 rings (SSSR count). The fraction of sp³-hybridized carbons (Fsp3) is 0.478. The van der Waals surface area contributed by atoms with Gasteiger partial charge in [0.2, 0.25) is 0 Å². The molecule has 1 aliphatic carbocycles. The third-order valence-electron chi connectivity index (χ3n) is 6.33. The third-order valence-corrected chi connectivity index (χ3v) is 7.66. The Morgan fingerprint density at radius 2 is 2.03 bits per heavy atom. The standard InChI is InChI=1S/C23H26N4O3S2/c28-21-17(13-18-22(29)27(23(31)32-18)15-7-2-1-3-8-15)20(24-14-16-9-6-12-30-16)25-19-10-4-5-11-26(19)21/h4-5,10-11,13,15-16,24H,1-3,6-9,12,14H2/b18-13+.